The van der Waals surface area contributed by atoms with Crippen LogP contribution in [-0.2, 0) is 19.1 Å². The SMILES string of the molecule is CCCC(CCC)(CC(=O)OC)CC(=O)OC. The highest BCUT2D eigenvalue weighted by Gasteiger charge is 2.34. The molecule has 0 saturated heterocycles. The molecule has 0 radical (unpaired) electrons. The molecule has 0 aliphatic heterocycles. The lowest BCUT2D eigenvalue weighted by molar-refractivity contribution is -0.148. The zero-order chi connectivity index (χ0) is 13.3. The Morgan fingerprint density at radius 2 is 1.24 bits per heavy atom. The maximum atomic E-state index is 11.5. The van der Waals surface area contributed by atoms with Crippen molar-refractivity contribution in [2.75, 3.05) is 14.2 Å². The first-order valence-corrected chi connectivity index (χ1v) is 6.17. The number of rotatable bonds is 8. The Morgan fingerprint density at radius 3 is 1.47 bits per heavy atom. The summed E-state index contributed by atoms with van der Waals surface area (Å²) in [6.07, 6.45) is 4.14. The van der Waals surface area contributed by atoms with Crippen molar-refractivity contribution >= 4 is 11.9 Å². The van der Waals surface area contributed by atoms with Gasteiger partial charge in [-0.05, 0) is 18.3 Å². The van der Waals surface area contributed by atoms with E-state index in [9.17, 15) is 9.59 Å². The molecule has 4 heteroatoms. The molecule has 100 valence electrons. The third-order valence-corrected chi connectivity index (χ3v) is 3.05. The van der Waals surface area contributed by atoms with E-state index in [1.54, 1.807) is 0 Å². The van der Waals surface area contributed by atoms with Gasteiger partial charge in [-0.1, -0.05) is 26.7 Å². The summed E-state index contributed by atoms with van der Waals surface area (Å²) in [7, 11) is 2.76. The van der Waals surface area contributed by atoms with Gasteiger partial charge in [0.2, 0.25) is 0 Å². The highest BCUT2D eigenvalue weighted by molar-refractivity contribution is 5.74. The van der Waals surface area contributed by atoms with Gasteiger partial charge >= 0.3 is 11.9 Å². The lowest BCUT2D eigenvalue weighted by atomic mass is 9.74. The molecule has 0 N–H and O–H groups in total. The van der Waals surface area contributed by atoms with Crippen LogP contribution >= 0.6 is 0 Å². The molecule has 0 spiro atoms. The van der Waals surface area contributed by atoms with Gasteiger partial charge in [0.1, 0.15) is 0 Å². The Morgan fingerprint density at radius 1 is 0.882 bits per heavy atom. The Balaban J connectivity index is 4.82. The molecule has 0 heterocycles. The zero-order valence-electron chi connectivity index (χ0n) is 11.4. The molecule has 0 atom stereocenters. The van der Waals surface area contributed by atoms with E-state index in [0.717, 1.165) is 25.7 Å². The van der Waals surface area contributed by atoms with Crippen molar-refractivity contribution in [1.29, 1.82) is 0 Å². The van der Waals surface area contributed by atoms with Gasteiger partial charge in [-0.25, -0.2) is 0 Å². The van der Waals surface area contributed by atoms with Crippen LogP contribution in [-0.4, -0.2) is 26.2 Å². The summed E-state index contributed by atoms with van der Waals surface area (Å²) in [5.74, 6) is -0.508. The third kappa shape index (κ3) is 5.71. The van der Waals surface area contributed by atoms with Crippen LogP contribution in [0.1, 0.15) is 52.4 Å². The largest absolute Gasteiger partial charge is 0.469 e. The van der Waals surface area contributed by atoms with Crippen LogP contribution in [0.25, 0.3) is 0 Å². The summed E-state index contributed by atoms with van der Waals surface area (Å²) >= 11 is 0. The lowest BCUT2D eigenvalue weighted by Crippen LogP contribution is -2.29. The van der Waals surface area contributed by atoms with E-state index >= 15 is 0 Å². The zero-order valence-corrected chi connectivity index (χ0v) is 11.4. The Labute approximate surface area is 104 Å². The van der Waals surface area contributed by atoms with Crippen molar-refractivity contribution in [2.45, 2.75) is 52.4 Å². The van der Waals surface area contributed by atoms with Gasteiger partial charge in [-0.15, -0.1) is 0 Å². The second-order valence-corrected chi connectivity index (χ2v) is 4.51. The Hall–Kier alpha value is -1.06. The van der Waals surface area contributed by atoms with E-state index in [0.29, 0.717) is 12.8 Å². The molecule has 0 aromatic heterocycles. The second kappa shape index (κ2) is 8.09. The van der Waals surface area contributed by atoms with Crippen LogP contribution in [0.4, 0.5) is 0 Å². The minimum absolute atomic E-state index is 0.254. The number of carbonyl (C=O) groups excluding carboxylic acids is 2. The summed E-state index contributed by atoms with van der Waals surface area (Å²) in [6, 6.07) is 0. The fourth-order valence-corrected chi connectivity index (χ4v) is 2.36. The fourth-order valence-electron chi connectivity index (χ4n) is 2.36. The van der Waals surface area contributed by atoms with Gasteiger partial charge in [0.05, 0.1) is 27.1 Å². The average molecular weight is 244 g/mol. The summed E-state index contributed by atoms with van der Waals surface area (Å²) in [5.41, 5.74) is -0.302. The lowest BCUT2D eigenvalue weighted by Gasteiger charge is -2.31. The number of carbonyl (C=O) groups is 2. The van der Waals surface area contributed by atoms with Crippen molar-refractivity contribution in [1.82, 2.24) is 0 Å². The second-order valence-electron chi connectivity index (χ2n) is 4.51. The first-order chi connectivity index (χ1) is 8.03. The molecule has 0 unspecified atom stereocenters. The van der Waals surface area contributed by atoms with Crippen molar-refractivity contribution in [2.24, 2.45) is 5.41 Å². The molecular weight excluding hydrogens is 220 g/mol. The van der Waals surface area contributed by atoms with Crippen LogP contribution in [0, 0.1) is 5.41 Å². The summed E-state index contributed by atoms with van der Waals surface area (Å²) in [5, 5.41) is 0. The van der Waals surface area contributed by atoms with Crippen molar-refractivity contribution < 1.29 is 19.1 Å². The number of methoxy groups -OCH3 is 2. The van der Waals surface area contributed by atoms with Gasteiger partial charge in [0, 0.05) is 0 Å². The molecule has 0 rings (SSSR count). The maximum Gasteiger partial charge on any atom is 0.306 e. The van der Waals surface area contributed by atoms with Gasteiger partial charge in [0.15, 0.2) is 0 Å². The molecule has 0 amide bonds. The molecular formula is C13H24O4. The summed E-state index contributed by atoms with van der Waals surface area (Å²) in [6.45, 7) is 4.11. The molecule has 0 aliphatic carbocycles. The van der Waals surface area contributed by atoms with Gasteiger partial charge < -0.3 is 9.47 Å². The quantitative estimate of drug-likeness (QED) is 0.616. The van der Waals surface area contributed by atoms with Crippen LogP contribution < -0.4 is 0 Å². The third-order valence-electron chi connectivity index (χ3n) is 3.05. The van der Waals surface area contributed by atoms with Crippen molar-refractivity contribution in [3.05, 3.63) is 0 Å². The highest BCUT2D eigenvalue weighted by atomic mass is 16.5. The van der Waals surface area contributed by atoms with E-state index in [1.165, 1.54) is 14.2 Å². The van der Waals surface area contributed by atoms with Gasteiger partial charge in [-0.3, -0.25) is 9.59 Å². The highest BCUT2D eigenvalue weighted by Crippen LogP contribution is 2.38. The predicted molar refractivity (Wildman–Crippen MR) is 65.5 cm³/mol. The maximum absolute atomic E-state index is 11.5. The topological polar surface area (TPSA) is 52.6 Å². The summed E-state index contributed by atoms with van der Waals surface area (Å²) < 4.78 is 9.45. The molecule has 4 nitrogen and oxygen atoms in total. The molecule has 0 fully saturated rings. The number of ether oxygens (including phenoxy) is 2. The molecule has 0 aromatic carbocycles. The first kappa shape index (κ1) is 15.9. The van der Waals surface area contributed by atoms with Crippen molar-refractivity contribution in [3.63, 3.8) is 0 Å². The first-order valence-electron chi connectivity index (χ1n) is 6.17. The minimum atomic E-state index is -0.302. The Kier molecular flexibility index (Phi) is 7.59. The van der Waals surface area contributed by atoms with Crippen molar-refractivity contribution in [3.8, 4) is 0 Å². The Bertz CT molecular complexity index is 222. The average Bonchev–Trinajstić information content (AvgIpc) is 2.29. The van der Waals surface area contributed by atoms with Crippen LogP contribution in [0.3, 0.4) is 0 Å². The standard InChI is InChI=1S/C13H24O4/c1-5-7-13(8-6-2,9-11(14)16-3)10-12(15)17-4/h5-10H2,1-4H3. The molecule has 0 aromatic rings. The molecule has 0 saturated carbocycles. The molecule has 17 heavy (non-hydrogen) atoms. The van der Waals surface area contributed by atoms with Gasteiger partial charge in [0.25, 0.3) is 0 Å². The number of esters is 2. The van der Waals surface area contributed by atoms with E-state index in [-0.39, 0.29) is 17.4 Å². The minimum Gasteiger partial charge on any atom is -0.469 e. The van der Waals surface area contributed by atoms with E-state index < -0.39 is 0 Å². The van der Waals surface area contributed by atoms with E-state index in [1.807, 2.05) is 0 Å². The van der Waals surface area contributed by atoms with E-state index in [4.69, 9.17) is 9.47 Å². The predicted octanol–water partition coefficient (Wildman–Crippen LogP) is 2.70. The smallest absolute Gasteiger partial charge is 0.306 e. The monoisotopic (exact) mass is 244 g/mol. The summed E-state index contributed by atoms with van der Waals surface area (Å²) in [4.78, 5) is 22.9. The number of hydrogen-bond donors (Lipinski definition) is 0. The number of hydrogen-bond acceptors (Lipinski definition) is 4. The van der Waals surface area contributed by atoms with Gasteiger partial charge in [-0.2, -0.15) is 0 Å². The van der Waals surface area contributed by atoms with Crippen LogP contribution in [0.15, 0.2) is 0 Å². The molecule has 0 bridgehead atoms. The molecule has 0 aliphatic rings. The fraction of sp³-hybridized carbons (Fsp3) is 0.846. The van der Waals surface area contributed by atoms with Crippen LogP contribution in [0.5, 0.6) is 0 Å². The normalized spacial score (nSPS) is 11.1. The van der Waals surface area contributed by atoms with Crippen LogP contribution in [0.2, 0.25) is 0 Å². The van der Waals surface area contributed by atoms with E-state index in [2.05, 4.69) is 13.8 Å².